The summed E-state index contributed by atoms with van der Waals surface area (Å²) in [6, 6.07) is 8.37. The third-order valence-corrected chi connectivity index (χ3v) is 4.27. The molecule has 0 aliphatic carbocycles. The van der Waals surface area contributed by atoms with Gasteiger partial charge >= 0.3 is 0 Å². The molecule has 3 atom stereocenters. The largest absolute Gasteiger partial charge is 0.397 e. The lowest BCUT2D eigenvalue weighted by Crippen LogP contribution is -2.30. The van der Waals surface area contributed by atoms with E-state index in [0.29, 0.717) is 18.2 Å². The molecule has 4 rings (SSSR count). The highest BCUT2D eigenvalue weighted by molar-refractivity contribution is 5.96. The van der Waals surface area contributed by atoms with Gasteiger partial charge in [0, 0.05) is 11.6 Å². The molecule has 2 bridgehead atoms. The number of pyridine rings is 1. The summed E-state index contributed by atoms with van der Waals surface area (Å²) >= 11 is 0. The summed E-state index contributed by atoms with van der Waals surface area (Å²) in [5.74, 6) is 0. The van der Waals surface area contributed by atoms with Gasteiger partial charge in [0.15, 0.2) is 0 Å². The van der Waals surface area contributed by atoms with Crippen LogP contribution in [0.1, 0.15) is 19.3 Å². The molecule has 19 heavy (non-hydrogen) atoms. The minimum atomic E-state index is 0.356. The number of hydrogen-bond donors (Lipinski definition) is 2. The van der Waals surface area contributed by atoms with Crippen molar-refractivity contribution in [1.82, 2.24) is 4.98 Å². The fraction of sp³-hybridized carbons (Fsp3) is 0.400. The summed E-state index contributed by atoms with van der Waals surface area (Å²) in [5, 5.41) is 4.57. The summed E-state index contributed by atoms with van der Waals surface area (Å²) in [6.45, 7) is 0. The summed E-state index contributed by atoms with van der Waals surface area (Å²) in [5.41, 5.74) is 8.98. The molecule has 2 aliphatic rings. The van der Waals surface area contributed by atoms with E-state index < -0.39 is 0 Å². The first kappa shape index (κ1) is 11.1. The predicted molar refractivity (Wildman–Crippen MR) is 76.1 cm³/mol. The molecule has 0 spiro atoms. The average molecular weight is 255 g/mol. The van der Waals surface area contributed by atoms with Crippen molar-refractivity contribution in [2.45, 2.75) is 37.5 Å². The summed E-state index contributed by atoms with van der Waals surface area (Å²) < 4.78 is 5.87. The summed E-state index contributed by atoms with van der Waals surface area (Å²) in [6.07, 6.45) is 6.06. The molecule has 2 aromatic rings. The van der Waals surface area contributed by atoms with E-state index in [1.807, 2.05) is 24.3 Å². The summed E-state index contributed by atoms with van der Waals surface area (Å²) in [4.78, 5) is 4.32. The fourth-order valence-electron chi connectivity index (χ4n) is 3.29. The molecule has 2 saturated heterocycles. The zero-order valence-electron chi connectivity index (χ0n) is 10.7. The van der Waals surface area contributed by atoms with E-state index in [9.17, 15) is 0 Å². The number of anilines is 2. The molecule has 4 nitrogen and oxygen atoms in total. The molecule has 1 aromatic heterocycles. The van der Waals surface area contributed by atoms with Crippen LogP contribution in [0.25, 0.3) is 10.9 Å². The number of nitrogens with zero attached hydrogens (tertiary/aromatic N) is 1. The van der Waals surface area contributed by atoms with Crippen molar-refractivity contribution in [3.8, 4) is 0 Å². The number of ether oxygens (including phenoxy) is 1. The van der Waals surface area contributed by atoms with Gasteiger partial charge < -0.3 is 15.8 Å². The van der Waals surface area contributed by atoms with Crippen molar-refractivity contribution in [2.75, 3.05) is 11.1 Å². The van der Waals surface area contributed by atoms with Crippen LogP contribution < -0.4 is 11.1 Å². The molecule has 3 heterocycles. The Morgan fingerprint density at radius 1 is 1.26 bits per heavy atom. The van der Waals surface area contributed by atoms with Crippen molar-refractivity contribution in [3.05, 3.63) is 30.5 Å². The topological polar surface area (TPSA) is 60.2 Å². The van der Waals surface area contributed by atoms with Crippen LogP contribution in [0.4, 0.5) is 11.4 Å². The number of aromatic nitrogens is 1. The van der Waals surface area contributed by atoms with E-state index in [4.69, 9.17) is 10.5 Å². The first-order chi connectivity index (χ1) is 9.31. The van der Waals surface area contributed by atoms with Gasteiger partial charge in [0.1, 0.15) is 0 Å². The standard InChI is InChI=1S/C15H17N3O/c16-15-10-2-1-7-17-11(10)4-5-12(15)18-13-8-9-3-6-14(13)19-9/h1-2,4-5,7,9,13-14,18H,3,6,8,16H2. The molecule has 3 unspecified atom stereocenters. The Labute approximate surface area is 112 Å². The van der Waals surface area contributed by atoms with E-state index in [0.717, 1.165) is 35.1 Å². The van der Waals surface area contributed by atoms with Crippen LogP contribution in [0.15, 0.2) is 30.5 Å². The van der Waals surface area contributed by atoms with Gasteiger partial charge in [0.05, 0.1) is 35.1 Å². The maximum atomic E-state index is 6.25. The second-order valence-electron chi connectivity index (χ2n) is 5.46. The molecule has 3 N–H and O–H groups in total. The SMILES string of the molecule is Nc1c(NC2CC3CCC2O3)ccc2ncccc12. The van der Waals surface area contributed by atoms with E-state index in [-0.39, 0.29) is 0 Å². The first-order valence-corrected chi connectivity index (χ1v) is 6.86. The molecule has 1 aromatic carbocycles. The fourth-order valence-corrected chi connectivity index (χ4v) is 3.29. The van der Waals surface area contributed by atoms with Gasteiger partial charge in [0.25, 0.3) is 0 Å². The van der Waals surface area contributed by atoms with Crippen molar-refractivity contribution in [3.63, 3.8) is 0 Å². The van der Waals surface area contributed by atoms with Crippen LogP contribution in [0.2, 0.25) is 0 Å². The molecule has 2 fully saturated rings. The normalized spacial score (nSPS) is 28.9. The molecule has 2 aliphatic heterocycles. The van der Waals surface area contributed by atoms with Crippen LogP contribution >= 0.6 is 0 Å². The second kappa shape index (κ2) is 4.10. The molecule has 4 heteroatoms. The van der Waals surface area contributed by atoms with Crippen LogP contribution in [0.3, 0.4) is 0 Å². The summed E-state index contributed by atoms with van der Waals surface area (Å²) in [7, 11) is 0. The Bertz CT molecular complexity index is 628. The number of nitrogens with two attached hydrogens (primary N) is 1. The number of fused-ring (bicyclic) bond motifs is 3. The van der Waals surface area contributed by atoms with Gasteiger partial charge in [-0.15, -0.1) is 0 Å². The second-order valence-corrected chi connectivity index (χ2v) is 5.46. The van der Waals surface area contributed by atoms with Crippen molar-refractivity contribution in [1.29, 1.82) is 0 Å². The highest BCUT2D eigenvalue weighted by Gasteiger charge is 2.40. The third-order valence-electron chi connectivity index (χ3n) is 4.27. The maximum absolute atomic E-state index is 6.25. The van der Waals surface area contributed by atoms with Gasteiger partial charge in [-0.2, -0.15) is 0 Å². The van der Waals surface area contributed by atoms with Crippen LogP contribution in [-0.2, 0) is 4.74 Å². The third kappa shape index (κ3) is 1.75. The Hall–Kier alpha value is -1.81. The van der Waals surface area contributed by atoms with Gasteiger partial charge in [0.2, 0.25) is 0 Å². The first-order valence-electron chi connectivity index (χ1n) is 6.86. The lowest BCUT2D eigenvalue weighted by Gasteiger charge is -2.22. The Morgan fingerprint density at radius 3 is 3.00 bits per heavy atom. The zero-order valence-corrected chi connectivity index (χ0v) is 10.7. The van der Waals surface area contributed by atoms with Gasteiger partial charge in [-0.05, 0) is 43.5 Å². The van der Waals surface area contributed by atoms with Crippen LogP contribution in [0.5, 0.6) is 0 Å². The highest BCUT2D eigenvalue weighted by atomic mass is 16.5. The van der Waals surface area contributed by atoms with Crippen molar-refractivity contribution >= 4 is 22.3 Å². The number of rotatable bonds is 2. The van der Waals surface area contributed by atoms with Crippen molar-refractivity contribution in [2.24, 2.45) is 0 Å². The smallest absolute Gasteiger partial charge is 0.0781 e. The number of hydrogen-bond acceptors (Lipinski definition) is 4. The van der Waals surface area contributed by atoms with E-state index in [1.54, 1.807) is 6.20 Å². The number of nitrogens with one attached hydrogen (secondary N) is 1. The highest BCUT2D eigenvalue weighted by Crippen LogP contribution is 2.37. The molecule has 0 amide bonds. The number of nitrogen functional groups attached to an aromatic ring is 1. The lowest BCUT2D eigenvalue weighted by molar-refractivity contribution is 0.102. The predicted octanol–water partition coefficient (Wildman–Crippen LogP) is 2.55. The number of benzene rings is 1. The zero-order chi connectivity index (χ0) is 12.8. The quantitative estimate of drug-likeness (QED) is 0.810. The molecule has 0 saturated carbocycles. The maximum Gasteiger partial charge on any atom is 0.0781 e. The van der Waals surface area contributed by atoms with Gasteiger partial charge in [-0.1, -0.05) is 0 Å². The lowest BCUT2D eigenvalue weighted by atomic mass is 9.95. The molecular weight excluding hydrogens is 238 g/mol. The average Bonchev–Trinajstić information content (AvgIpc) is 3.05. The Kier molecular flexibility index (Phi) is 2.38. The van der Waals surface area contributed by atoms with E-state index in [2.05, 4.69) is 10.3 Å². The van der Waals surface area contributed by atoms with E-state index >= 15 is 0 Å². The van der Waals surface area contributed by atoms with Crippen molar-refractivity contribution < 1.29 is 4.74 Å². The minimum Gasteiger partial charge on any atom is -0.397 e. The molecule has 0 radical (unpaired) electrons. The Balaban J connectivity index is 1.66. The van der Waals surface area contributed by atoms with Crippen LogP contribution in [-0.4, -0.2) is 23.2 Å². The monoisotopic (exact) mass is 255 g/mol. The Morgan fingerprint density at radius 2 is 2.21 bits per heavy atom. The van der Waals surface area contributed by atoms with Gasteiger partial charge in [-0.3, -0.25) is 4.98 Å². The van der Waals surface area contributed by atoms with E-state index in [1.165, 1.54) is 6.42 Å². The van der Waals surface area contributed by atoms with Crippen LogP contribution in [0, 0.1) is 0 Å². The molecule has 98 valence electrons. The molecular formula is C15H17N3O. The minimum absolute atomic E-state index is 0.356. The van der Waals surface area contributed by atoms with Gasteiger partial charge in [-0.25, -0.2) is 0 Å².